The van der Waals surface area contributed by atoms with Crippen molar-refractivity contribution in [1.82, 2.24) is 24.5 Å². The van der Waals surface area contributed by atoms with Crippen LogP contribution in [0.25, 0.3) is 17.0 Å². The molecule has 188 valence electrons. The van der Waals surface area contributed by atoms with Crippen molar-refractivity contribution in [1.29, 1.82) is 0 Å². The van der Waals surface area contributed by atoms with E-state index in [-0.39, 0.29) is 34.6 Å². The molecule has 1 fully saturated rings. The molecule has 2 aromatic heterocycles. The fourth-order valence-electron chi connectivity index (χ4n) is 4.07. The lowest BCUT2D eigenvalue weighted by Gasteiger charge is -2.26. The monoisotopic (exact) mass is 503 g/mol. The molecule has 1 aliphatic rings. The molecule has 3 heterocycles. The van der Waals surface area contributed by atoms with Crippen molar-refractivity contribution in [3.05, 3.63) is 75.6 Å². The molecule has 0 saturated carbocycles. The summed E-state index contributed by atoms with van der Waals surface area (Å²) in [7, 11) is 0. The summed E-state index contributed by atoms with van der Waals surface area (Å²) in [4.78, 5) is 45.8. The number of carboxylic acid groups (broad SMARTS) is 1. The Labute approximate surface area is 209 Å². The molecular weight excluding hydrogens is 482 g/mol. The second-order valence-electron chi connectivity index (χ2n) is 8.28. The lowest BCUT2D eigenvalue weighted by molar-refractivity contribution is -0.385. The zero-order valence-electron chi connectivity index (χ0n) is 19.6. The number of morpholine rings is 1. The van der Waals surface area contributed by atoms with Gasteiger partial charge in [-0.3, -0.25) is 14.9 Å². The van der Waals surface area contributed by atoms with E-state index in [2.05, 4.69) is 20.4 Å². The Kier molecular flexibility index (Phi) is 6.19. The SMILES string of the molecule is Cc1c(-c2nc(Nc3ccc(C(=O)N4CCOCC4)cc3)c3ncc(C(=O)O)n3n2)cccc1[N+](=O)[O-]. The first-order valence-corrected chi connectivity index (χ1v) is 11.3. The number of nitro benzene ring substituents is 1. The van der Waals surface area contributed by atoms with Crippen LogP contribution in [-0.4, -0.2) is 72.7 Å². The number of ether oxygens (including phenoxy) is 1. The van der Waals surface area contributed by atoms with Gasteiger partial charge in [-0.15, -0.1) is 5.10 Å². The highest BCUT2D eigenvalue weighted by Crippen LogP contribution is 2.30. The maximum Gasteiger partial charge on any atom is 0.356 e. The van der Waals surface area contributed by atoms with E-state index in [1.807, 2.05) is 0 Å². The van der Waals surface area contributed by atoms with Gasteiger partial charge in [0.25, 0.3) is 11.6 Å². The van der Waals surface area contributed by atoms with Gasteiger partial charge in [-0.1, -0.05) is 12.1 Å². The fourth-order valence-corrected chi connectivity index (χ4v) is 4.07. The molecule has 0 radical (unpaired) electrons. The van der Waals surface area contributed by atoms with Gasteiger partial charge >= 0.3 is 5.97 Å². The summed E-state index contributed by atoms with van der Waals surface area (Å²) in [5, 5.41) is 28.5. The molecule has 2 N–H and O–H groups in total. The molecule has 1 saturated heterocycles. The number of nitrogens with one attached hydrogen (secondary N) is 1. The molecule has 0 spiro atoms. The van der Waals surface area contributed by atoms with Crippen LogP contribution in [0.3, 0.4) is 0 Å². The number of carboxylic acids is 1. The topological polar surface area (TPSA) is 165 Å². The third-order valence-corrected chi connectivity index (χ3v) is 6.02. The highest BCUT2D eigenvalue weighted by molar-refractivity contribution is 5.95. The lowest BCUT2D eigenvalue weighted by Crippen LogP contribution is -2.40. The van der Waals surface area contributed by atoms with Gasteiger partial charge < -0.3 is 20.1 Å². The molecule has 13 nitrogen and oxygen atoms in total. The third kappa shape index (κ3) is 4.54. The molecular formula is C24H21N7O6. The summed E-state index contributed by atoms with van der Waals surface area (Å²) < 4.78 is 6.42. The number of anilines is 2. The van der Waals surface area contributed by atoms with Crippen LogP contribution in [-0.2, 0) is 4.74 Å². The largest absolute Gasteiger partial charge is 0.476 e. The Balaban J connectivity index is 1.53. The maximum absolute atomic E-state index is 12.7. The van der Waals surface area contributed by atoms with Crippen molar-refractivity contribution >= 4 is 34.7 Å². The number of hydrogen-bond donors (Lipinski definition) is 2. The first-order chi connectivity index (χ1) is 17.8. The van der Waals surface area contributed by atoms with Crippen molar-refractivity contribution < 1.29 is 24.4 Å². The number of carbonyl (C=O) groups is 2. The molecule has 1 aliphatic heterocycles. The lowest BCUT2D eigenvalue weighted by atomic mass is 10.1. The number of fused-ring (bicyclic) bond motifs is 1. The smallest absolute Gasteiger partial charge is 0.356 e. The predicted octanol–water partition coefficient (Wildman–Crippen LogP) is 2.92. The fraction of sp³-hybridized carbons (Fsp3) is 0.208. The Morgan fingerprint density at radius 1 is 1.14 bits per heavy atom. The number of nitrogens with zero attached hydrogens (tertiary/aromatic N) is 6. The molecule has 13 heteroatoms. The van der Waals surface area contributed by atoms with E-state index in [1.165, 1.54) is 12.1 Å². The summed E-state index contributed by atoms with van der Waals surface area (Å²) in [6.45, 7) is 3.64. The number of aromatic carboxylic acids is 1. The van der Waals surface area contributed by atoms with E-state index in [1.54, 1.807) is 42.2 Å². The van der Waals surface area contributed by atoms with Crippen molar-refractivity contribution in [3.63, 3.8) is 0 Å². The van der Waals surface area contributed by atoms with E-state index >= 15 is 0 Å². The molecule has 2 aromatic carbocycles. The van der Waals surface area contributed by atoms with Gasteiger partial charge in [0.05, 0.1) is 24.3 Å². The Morgan fingerprint density at radius 3 is 2.54 bits per heavy atom. The van der Waals surface area contributed by atoms with Crippen LogP contribution in [0.4, 0.5) is 17.2 Å². The number of nitro groups is 1. The second-order valence-corrected chi connectivity index (χ2v) is 8.28. The summed E-state index contributed by atoms with van der Waals surface area (Å²) in [6, 6.07) is 11.3. The minimum Gasteiger partial charge on any atom is -0.476 e. The number of amides is 1. The molecule has 4 aromatic rings. The third-order valence-electron chi connectivity index (χ3n) is 6.02. The average molecular weight is 503 g/mol. The van der Waals surface area contributed by atoms with Gasteiger partial charge in [0.15, 0.2) is 23.0 Å². The number of rotatable bonds is 6. The number of hydrogen-bond acceptors (Lipinski definition) is 9. The number of benzene rings is 2. The van der Waals surface area contributed by atoms with E-state index in [0.29, 0.717) is 48.7 Å². The molecule has 5 rings (SSSR count). The van der Waals surface area contributed by atoms with Gasteiger partial charge in [-0.2, -0.15) is 0 Å². The first kappa shape index (κ1) is 23.8. The van der Waals surface area contributed by atoms with Crippen molar-refractivity contribution in [2.45, 2.75) is 6.92 Å². The standard InChI is InChI=1S/C24H21N7O6/c1-14-17(3-2-4-18(14)31(35)36)20-27-21(22-25-13-19(24(33)34)30(22)28-20)26-16-7-5-15(6-8-16)23(32)29-9-11-37-12-10-29/h2-8,13H,9-12H2,1H3,(H,33,34)(H,26,27,28). The van der Waals surface area contributed by atoms with E-state index in [4.69, 9.17) is 4.74 Å². The Morgan fingerprint density at radius 2 is 1.86 bits per heavy atom. The van der Waals surface area contributed by atoms with Crippen LogP contribution < -0.4 is 5.32 Å². The van der Waals surface area contributed by atoms with Crippen LogP contribution in [0, 0.1) is 17.0 Å². The van der Waals surface area contributed by atoms with Crippen LogP contribution in [0.1, 0.15) is 26.4 Å². The predicted molar refractivity (Wildman–Crippen MR) is 131 cm³/mol. The molecule has 37 heavy (non-hydrogen) atoms. The summed E-state index contributed by atoms with van der Waals surface area (Å²) in [5.41, 5.74) is 1.63. The van der Waals surface area contributed by atoms with Gasteiger partial charge in [-0.05, 0) is 31.2 Å². The minimum atomic E-state index is -1.25. The van der Waals surface area contributed by atoms with E-state index in [0.717, 1.165) is 10.7 Å². The van der Waals surface area contributed by atoms with Gasteiger partial charge in [-0.25, -0.2) is 19.3 Å². The number of aromatic nitrogens is 4. The minimum absolute atomic E-state index is 0.0795. The first-order valence-electron chi connectivity index (χ1n) is 11.3. The molecule has 0 bridgehead atoms. The highest BCUT2D eigenvalue weighted by atomic mass is 16.6. The molecule has 0 unspecified atom stereocenters. The average Bonchev–Trinajstić information content (AvgIpc) is 3.34. The van der Waals surface area contributed by atoms with Crippen LogP contribution >= 0.6 is 0 Å². The summed E-state index contributed by atoms with van der Waals surface area (Å²) in [6.07, 6.45) is 1.16. The highest BCUT2D eigenvalue weighted by Gasteiger charge is 2.22. The van der Waals surface area contributed by atoms with Crippen LogP contribution in [0.2, 0.25) is 0 Å². The van der Waals surface area contributed by atoms with Gasteiger partial charge in [0, 0.05) is 41.5 Å². The van der Waals surface area contributed by atoms with E-state index in [9.17, 15) is 24.8 Å². The van der Waals surface area contributed by atoms with Crippen molar-refractivity contribution in [3.8, 4) is 11.4 Å². The number of carbonyl (C=O) groups excluding carboxylic acids is 1. The number of imidazole rings is 1. The van der Waals surface area contributed by atoms with Crippen molar-refractivity contribution in [2.24, 2.45) is 0 Å². The van der Waals surface area contributed by atoms with Crippen molar-refractivity contribution in [2.75, 3.05) is 31.6 Å². The summed E-state index contributed by atoms with van der Waals surface area (Å²) in [5.74, 6) is -1.07. The molecule has 0 atom stereocenters. The summed E-state index contributed by atoms with van der Waals surface area (Å²) >= 11 is 0. The maximum atomic E-state index is 12.7. The van der Waals surface area contributed by atoms with Gasteiger partial charge in [0.2, 0.25) is 0 Å². The Hall–Kier alpha value is -4.91. The van der Waals surface area contributed by atoms with Gasteiger partial charge in [0.1, 0.15) is 0 Å². The quantitative estimate of drug-likeness (QED) is 0.295. The molecule has 1 amide bonds. The normalized spacial score (nSPS) is 13.5. The zero-order chi connectivity index (χ0) is 26.1. The van der Waals surface area contributed by atoms with E-state index < -0.39 is 10.9 Å². The zero-order valence-corrected chi connectivity index (χ0v) is 19.6. The Bertz CT molecular complexity index is 1530. The second kappa shape index (κ2) is 9.62. The van der Waals surface area contributed by atoms with Crippen LogP contribution in [0.5, 0.6) is 0 Å². The molecule has 0 aliphatic carbocycles. The van der Waals surface area contributed by atoms with Crippen LogP contribution in [0.15, 0.2) is 48.7 Å².